The Kier molecular flexibility index (Phi) is 15.8. The Morgan fingerprint density at radius 1 is 1.00 bits per heavy atom. The fraction of sp³-hybridized carbons (Fsp3) is 0.744. The van der Waals surface area contributed by atoms with E-state index >= 15 is 0 Å². The number of carbonyl (C=O) groups excluding carboxylic acids is 2. The number of aliphatic hydroxyl groups excluding tert-OH is 1. The summed E-state index contributed by atoms with van der Waals surface area (Å²) in [7, 11) is 1.49. The number of aromatic nitrogens is 1. The number of hydrogen-bond acceptors (Lipinski definition) is 7. The Morgan fingerprint density at radius 3 is 1.96 bits per heavy atom. The third-order valence-electron chi connectivity index (χ3n) is 9.40. The highest BCUT2D eigenvalue weighted by molar-refractivity contribution is 7.16. The van der Waals surface area contributed by atoms with Crippen LogP contribution in [0.1, 0.15) is 151 Å². The summed E-state index contributed by atoms with van der Waals surface area (Å²) >= 11 is 1.61. The van der Waals surface area contributed by atoms with Crippen LogP contribution in [-0.4, -0.2) is 58.3 Å². The molecule has 0 bridgehead atoms. The van der Waals surface area contributed by atoms with Gasteiger partial charge in [-0.05, 0) is 42.7 Å². The Hall–Kier alpha value is -2.70. The monoisotopic (exact) mass is 683 g/mol. The van der Waals surface area contributed by atoms with Gasteiger partial charge in [0.15, 0.2) is 11.4 Å². The van der Waals surface area contributed by atoms with Crippen molar-refractivity contribution in [1.29, 1.82) is 5.26 Å². The molecule has 48 heavy (non-hydrogen) atoms. The Bertz CT molecular complexity index is 1310. The molecule has 1 aliphatic heterocycles. The van der Waals surface area contributed by atoms with E-state index in [1.807, 2.05) is 13.0 Å². The topological polar surface area (TPSA) is 101 Å². The van der Waals surface area contributed by atoms with Crippen LogP contribution in [0.4, 0.5) is 5.13 Å². The molecule has 0 saturated heterocycles. The average Bonchev–Trinajstić information content (AvgIpc) is 3.46. The van der Waals surface area contributed by atoms with Gasteiger partial charge in [0.05, 0.1) is 22.2 Å². The van der Waals surface area contributed by atoms with Gasteiger partial charge in [0, 0.05) is 36.5 Å². The summed E-state index contributed by atoms with van der Waals surface area (Å²) in [6.45, 7) is 24.7. The van der Waals surface area contributed by atoms with Crippen molar-refractivity contribution in [3.63, 3.8) is 0 Å². The van der Waals surface area contributed by atoms with Crippen LogP contribution in [0.25, 0.3) is 6.08 Å². The van der Waals surface area contributed by atoms with E-state index in [1.54, 1.807) is 32.1 Å². The van der Waals surface area contributed by atoms with Gasteiger partial charge < -0.3 is 10.0 Å². The van der Waals surface area contributed by atoms with E-state index in [-0.39, 0.29) is 16.9 Å². The number of anilines is 1. The first-order valence-corrected chi connectivity index (χ1v) is 19.2. The molecule has 0 radical (unpaired) electrons. The second-order valence-electron chi connectivity index (χ2n) is 15.6. The van der Waals surface area contributed by atoms with Crippen molar-refractivity contribution in [2.24, 2.45) is 17.3 Å². The maximum Gasteiger partial charge on any atom is 0.275 e. The number of rotatable bonds is 17. The van der Waals surface area contributed by atoms with Crippen LogP contribution in [0.2, 0.25) is 0 Å². The van der Waals surface area contributed by atoms with Gasteiger partial charge in [0.25, 0.3) is 5.91 Å². The highest BCUT2D eigenvalue weighted by atomic mass is 32.1. The number of unbranched alkanes of at least 4 members (excludes halogenated alkanes) is 2. The van der Waals surface area contributed by atoms with Crippen molar-refractivity contribution >= 4 is 34.4 Å². The minimum atomic E-state index is -1.55. The third kappa shape index (κ3) is 10.4. The van der Waals surface area contributed by atoms with Crippen molar-refractivity contribution in [2.75, 3.05) is 25.0 Å². The molecule has 3 atom stereocenters. The summed E-state index contributed by atoms with van der Waals surface area (Å²) in [6, 6.07) is 2.18. The molecule has 1 N–H and O–H groups in total. The number of carbonyl (C=O) groups is 2. The minimum absolute atomic E-state index is 0.100. The standard InChI is InChI=1S/C39H65N5O3S/c1-13-18-21-27(16-4)25-43(26-28(17-5)22-19-14-2)37-41-33(38(6,7)8)32(48-37)23-30-29(20-15-3)31(24-40)35(46)44(34(30)45)42(12)36(47)39(9,10)11/h23,27-28,35,46H,13-22,25-26H2,1-12H3/b30-23-. The third-order valence-corrected chi connectivity index (χ3v) is 10.5. The molecule has 1 aromatic heterocycles. The second kappa shape index (κ2) is 18.3. The highest BCUT2D eigenvalue weighted by Crippen LogP contribution is 2.40. The molecular formula is C39H65N5O3S. The molecular weight excluding hydrogens is 619 g/mol. The van der Waals surface area contributed by atoms with Gasteiger partial charge in [-0.25, -0.2) is 9.99 Å². The highest BCUT2D eigenvalue weighted by Gasteiger charge is 2.43. The van der Waals surface area contributed by atoms with Crippen LogP contribution < -0.4 is 4.90 Å². The Labute approximate surface area is 296 Å². The lowest BCUT2D eigenvalue weighted by atomic mass is 9.87. The number of hydrazine groups is 1. The van der Waals surface area contributed by atoms with Crippen LogP contribution in [-0.2, 0) is 15.0 Å². The van der Waals surface area contributed by atoms with E-state index in [2.05, 4.69) is 59.4 Å². The lowest BCUT2D eigenvalue weighted by Crippen LogP contribution is -2.58. The van der Waals surface area contributed by atoms with Crippen molar-refractivity contribution < 1.29 is 14.7 Å². The molecule has 2 heterocycles. The number of thiazole rings is 1. The van der Waals surface area contributed by atoms with E-state index in [9.17, 15) is 20.0 Å². The zero-order chi connectivity index (χ0) is 36.4. The molecule has 9 heteroatoms. The zero-order valence-electron chi connectivity index (χ0n) is 32.2. The number of aliphatic hydroxyl groups is 1. The molecule has 270 valence electrons. The van der Waals surface area contributed by atoms with Crippen molar-refractivity contribution in [2.45, 2.75) is 152 Å². The van der Waals surface area contributed by atoms with E-state index in [0.29, 0.717) is 35.8 Å². The Balaban J connectivity index is 2.83. The largest absolute Gasteiger partial charge is 0.367 e. The van der Waals surface area contributed by atoms with Gasteiger partial charge in [0.1, 0.15) is 0 Å². The van der Waals surface area contributed by atoms with Gasteiger partial charge >= 0.3 is 0 Å². The van der Waals surface area contributed by atoms with Gasteiger partial charge in [-0.2, -0.15) is 5.26 Å². The molecule has 0 fully saturated rings. The zero-order valence-corrected chi connectivity index (χ0v) is 33.0. The summed E-state index contributed by atoms with van der Waals surface area (Å²) in [5.74, 6) is 0.313. The van der Waals surface area contributed by atoms with Crippen LogP contribution >= 0.6 is 11.3 Å². The van der Waals surface area contributed by atoms with Crippen LogP contribution in [0.3, 0.4) is 0 Å². The van der Waals surface area contributed by atoms with E-state index in [0.717, 1.165) is 46.6 Å². The predicted octanol–water partition coefficient (Wildman–Crippen LogP) is 9.26. The maximum atomic E-state index is 14.4. The van der Waals surface area contributed by atoms with Crippen molar-refractivity contribution in [3.05, 3.63) is 27.3 Å². The maximum absolute atomic E-state index is 14.4. The molecule has 8 nitrogen and oxygen atoms in total. The smallest absolute Gasteiger partial charge is 0.275 e. The first-order valence-electron chi connectivity index (χ1n) is 18.4. The minimum Gasteiger partial charge on any atom is -0.367 e. The fourth-order valence-electron chi connectivity index (χ4n) is 6.37. The van der Waals surface area contributed by atoms with E-state index < -0.39 is 17.6 Å². The van der Waals surface area contributed by atoms with E-state index in [4.69, 9.17) is 4.98 Å². The first-order chi connectivity index (χ1) is 22.5. The summed E-state index contributed by atoms with van der Waals surface area (Å²) in [4.78, 5) is 36.4. The fourth-order valence-corrected chi connectivity index (χ4v) is 7.61. The van der Waals surface area contributed by atoms with Gasteiger partial charge in [-0.3, -0.25) is 14.6 Å². The van der Waals surface area contributed by atoms with Crippen LogP contribution in [0.5, 0.6) is 0 Å². The molecule has 0 saturated carbocycles. The summed E-state index contributed by atoms with van der Waals surface area (Å²) < 4.78 is 0. The quantitative estimate of drug-likeness (QED) is 0.164. The van der Waals surface area contributed by atoms with E-state index in [1.165, 1.54) is 50.6 Å². The summed E-state index contributed by atoms with van der Waals surface area (Å²) in [5.41, 5.74) is 0.769. The van der Waals surface area contributed by atoms with Gasteiger partial charge in [-0.1, -0.05) is 132 Å². The molecule has 0 aromatic carbocycles. The number of amides is 2. The lowest BCUT2D eigenvalue weighted by Gasteiger charge is -2.41. The SMILES string of the molecule is CCCCC(CC)CN(CC(CC)CCCC)c1nc(C(C)(C)C)c(/C=C2\C(=O)N(N(C)C(=O)C(C)(C)C)C(O)C(C#N)=C2CCC)s1. The molecule has 3 unspecified atom stereocenters. The normalized spacial score (nSPS) is 17.9. The van der Waals surface area contributed by atoms with Gasteiger partial charge in [-0.15, -0.1) is 0 Å². The summed E-state index contributed by atoms with van der Waals surface area (Å²) in [5, 5.41) is 24.8. The molecule has 2 rings (SSSR count). The van der Waals surface area contributed by atoms with Crippen LogP contribution in [0, 0.1) is 28.6 Å². The first kappa shape index (κ1) is 41.5. The van der Waals surface area contributed by atoms with Crippen molar-refractivity contribution in [3.8, 4) is 6.07 Å². The molecule has 1 aliphatic rings. The molecule has 2 amide bonds. The van der Waals surface area contributed by atoms with Gasteiger partial charge in [0.2, 0.25) is 5.91 Å². The second-order valence-corrected chi connectivity index (χ2v) is 16.6. The lowest BCUT2D eigenvalue weighted by molar-refractivity contribution is -0.180. The summed E-state index contributed by atoms with van der Waals surface area (Å²) in [6.07, 6.45) is 10.9. The van der Waals surface area contributed by atoms with Crippen LogP contribution in [0.15, 0.2) is 16.7 Å². The average molecular weight is 684 g/mol. The molecule has 0 spiro atoms. The number of nitriles is 1. The van der Waals surface area contributed by atoms with Crippen molar-refractivity contribution in [1.82, 2.24) is 15.0 Å². The Morgan fingerprint density at radius 2 is 1.54 bits per heavy atom. The molecule has 1 aromatic rings. The number of hydrogen-bond donors (Lipinski definition) is 1. The number of nitrogens with zero attached hydrogens (tertiary/aromatic N) is 5. The predicted molar refractivity (Wildman–Crippen MR) is 200 cm³/mol. The molecule has 0 aliphatic carbocycles.